The molecule has 0 spiro atoms. The summed E-state index contributed by atoms with van der Waals surface area (Å²) in [6.07, 6.45) is 9.16. The average molecular weight is 293 g/mol. The van der Waals surface area contributed by atoms with Crippen molar-refractivity contribution in [3.8, 4) is 0 Å². The smallest absolute Gasteiger partial charge is 0.00550 e. The van der Waals surface area contributed by atoms with Gasteiger partial charge in [0.05, 0.1) is 0 Å². The standard InChI is InChI=1S/C19H32S/c1-12-5-14(7-18(3)9-16(12)18)11-20-15-6-13(2)17-10-19(17,4)8-15/h12-17H,5-11H2,1-4H3. The predicted molar refractivity (Wildman–Crippen MR) is 89.0 cm³/mol. The molecule has 0 heterocycles. The largest absolute Gasteiger partial charge is 0.158 e. The maximum atomic E-state index is 2.56. The molecule has 0 amide bonds. The Labute approximate surface area is 129 Å². The quantitative estimate of drug-likeness (QED) is 0.651. The summed E-state index contributed by atoms with van der Waals surface area (Å²) in [5, 5.41) is 0.980. The van der Waals surface area contributed by atoms with Crippen LogP contribution in [-0.2, 0) is 0 Å². The van der Waals surface area contributed by atoms with Crippen molar-refractivity contribution in [3.63, 3.8) is 0 Å². The minimum Gasteiger partial charge on any atom is -0.158 e. The van der Waals surface area contributed by atoms with Crippen LogP contribution >= 0.6 is 11.8 Å². The van der Waals surface area contributed by atoms with Crippen LogP contribution in [-0.4, -0.2) is 11.0 Å². The Bertz CT molecular complexity index is 367. The van der Waals surface area contributed by atoms with Gasteiger partial charge in [-0.1, -0.05) is 27.7 Å². The van der Waals surface area contributed by atoms with Gasteiger partial charge in [0.1, 0.15) is 0 Å². The molecule has 114 valence electrons. The Morgan fingerprint density at radius 1 is 0.850 bits per heavy atom. The zero-order valence-electron chi connectivity index (χ0n) is 13.8. The second-order valence-corrected chi connectivity index (χ2v) is 10.9. The fourth-order valence-corrected chi connectivity index (χ4v) is 8.01. The van der Waals surface area contributed by atoms with Gasteiger partial charge in [-0.3, -0.25) is 0 Å². The molecule has 4 rings (SSSR count). The van der Waals surface area contributed by atoms with Gasteiger partial charge in [0.15, 0.2) is 0 Å². The van der Waals surface area contributed by atoms with Crippen LogP contribution in [0.3, 0.4) is 0 Å². The van der Waals surface area contributed by atoms with Crippen molar-refractivity contribution >= 4 is 11.8 Å². The Morgan fingerprint density at radius 3 is 2.05 bits per heavy atom. The maximum Gasteiger partial charge on any atom is 0.00550 e. The predicted octanol–water partition coefficient (Wildman–Crippen LogP) is 5.62. The highest BCUT2D eigenvalue weighted by atomic mass is 32.2. The Balaban J connectivity index is 1.30. The lowest BCUT2D eigenvalue weighted by Gasteiger charge is -2.34. The van der Waals surface area contributed by atoms with Crippen LogP contribution in [0.1, 0.15) is 66.2 Å². The van der Waals surface area contributed by atoms with E-state index in [1.165, 1.54) is 44.3 Å². The summed E-state index contributed by atoms with van der Waals surface area (Å²) in [6.45, 7) is 10.1. The maximum absolute atomic E-state index is 2.56. The lowest BCUT2D eigenvalue weighted by atomic mass is 9.77. The number of thioether (sulfide) groups is 1. The van der Waals surface area contributed by atoms with Gasteiger partial charge in [0.2, 0.25) is 0 Å². The summed E-state index contributed by atoms with van der Waals surface area (Å²) in [6, 6.07) is 0. The zero-order valence-corrected chi connectivity index (χ0v) is 14.6. The van der Waals surface area contributed by atoms with Gasteiger partial charge in [-0.2, -0.15) is 11.8 Å². The molecule has 8 unspecified atom stereocenters. The van der Waals surface area contributed by atoms with Crippen molar-refractivity contribution < 1.29 is 0 Å². The van der Waals surface area contributed by atoms with E-state index in [1.54, 1.807) is 0 Å². The molecular weight excluding hydrogens is 260 g/mol. The highest BCUT2D eigenvalue weighted by Crippen LogP contribution is 2.66. The number of fused-ring (bicyclic) bond motifs is 2. The Hall–Kier alpha value is 0.350. The van der Waals surface area contributed by atoms with Crippen LogP contribution in [0, 0.1) is 40.4 Å². The molecule has 0 N–H and O–H groups in total. The first-order chi connectivity index (χ1) is 9.40. The van der Waals surface area contributed by atoms with Gasteiger partial charge in [0, 0.05) is 5.25 Å². The molecule has 4 saturated carbocycles. The molecule has 4 aliphatic carbocycles. The second kappa shape index (κ2) is 4.43. The van der Waals surface area contributed by atoms with Gasteiger partial charge in [-0.05, 0) is 84.7 Å². The summed E-state index contributed by atoms with van der Waals surface area (Å²) in [4.78, 5) is 0. The van der Waals surface area contributed by atoms with Crippen molar-refractivity contribution in [2.45, 2.75) is 71.5 Å². The van der Waals surface area contributed by atoms with Gasteiger partial charge >= 0.3 is 0 Å². The number of rotatable bonds is 3. The van der Waals surface area contributed by atoms with Crippen molar-refractivity contribution in [3.05, 3.63) is 0 Å². The average Bonchev–Trinajstić information content (AvgIpc) is 3.21. The van der Waals surface area contributed by atoms with Gasteiger partial charge in [-0.15, -0.1) is 0 Å². The molecule has 4 aliphatic rings. The van der Waals surface area contributed by atoms with Crippen LogP contribution in [0.25, 0.3) is 0 Å². The summed E-state index contributed by atoms with van der Waals surface area (Å²) in [5.74, 6) is 6.67. The molecule has 8 atom stereocenters. The molecule has 0 nitrogen and oxygen atoms in total. The number of hydrogen-bond donors (Lipinski definition) is 0. The van der Waals surface area contributed by atoms with E-state index in [-0.39, 0.29) is 0 Å². The van der Waals surface area contributed by atoms with Crippen molar-refractivity contribution in [2.24, 2.45) is 40.4 Å². The molecule has 0 aromatic carbocycles. The summed E-state index contributed by atoms with van der Waals surface area (Å²) in [7, 11) is 0. The van der Waals surface area contributed by atoms with E-state index < -0.39 is 0 Å². The Kier molecular flexibility index (Phi) is 3.10. The molecule has 0 aromatic heterocycles. The minimum absolute atomic E-state index is 0.753. The van der Waals surface area contributed by atoms with Crippen LogP contribution in [0.15, 0.2) is 0 Å². The zero-order chi connectivity index (χ0) is 14.1. The van der Waals surface area contributed by atoms with E-state index in [0.29, 0.717) is 0 Å². The van der Waals surface area contributed by atoms with E-state index in [0.717, 1.165) is 45.7 Å². The van der Waals surface area contributed by atoms with Crippen LogP contribution in [0.5, 0.6) is 0 Å². The van der Waals surface area contributed by atoms with Crippen molar-refractivity contribution in [1.29, 1.82) is 0 Å². The monoisotopic (exact) mass is 292 g/mol. The molecule has 0 saturated heterocycles. The molecule has 0 aromatic rings. The molecule has 20 heavy (non-hydrogen) atoms. The van der Waals surface area contributed by atoms with E-state index in [9.17, 15) is 0 Å². The fraction of sp³-hybridized carbons (Fsp3) is 1.00. The van der Waals surface area contributed by atoms with E-state index in [4.69, 9.17) is 0 Å². The van der Waals surface area contributed by atoms with Crippen LogP contribution in [0.2, 0.25) is 0 Å². The first-order valence-electron chi connectivity index (χ1n) is 9.01. The third-order valence-corrected chi connectivity index (χ3v) is 9.07. The van der Waals surface area contributed by atoms with E-state index in [1.807, 2.05) is 0 Å². The molecule has 1 heteroatoms. The van der Waals surface area contributed by atoms with Gasteiger partial charge in [-0.25, -0.2) is 0 Å². The van der Waals surface area contributed by atoms with Gasteiger partial charge in [0.25, 0.3) is 0 Å². The van der Waals surface area contributed by atoms with Crippen molar-refractivity contribution in [2.75, 3.05) is 5.75 Å². The van der Waals surface area contributed by atoms with Crippen molar-refractivity contribution in [1.82, 2.24) is 0 Å². The first kappa shape index (κ1) is 14.0. The lowest BCUT2D eigenvalue weighted by molar-refractivity contribution is 0.225. The summed E-state index contributed by atoms with van der Waals surface area (Å²) in [5.41, 5.74) is 1.51. The third-order valence-electron chi connectivity index (χ3n) is 7.57. The second-order valence-electron chi connectivity index (χ2n) is 9.58. The SMILES string of the molecule is CC1CC(CSC2CC(C)C3CC3(C)C2)CC2(C)CC12. The molecule has 0 radical (unpaired) electrons. The molecule has 0 bridgehead atoms. The Morgan fingerprint density at radius 2 is 1.45 bits per heavy atom. The first-order valence-corrected chi connectivity index (χ1v) is 10.1. The molecular formula is C19H32S. The molecule has 0 aliphatic heterocycles. The highest BCUT2D eigenvalue weighted by Gasteiger charge is 2.57. The van der Waals surface area contributed by atoms with E-state index >= 15 is 0 Å². The number of hydrogen-bond acceptors (Lipinski definition) is 1. The van der Waals surface area contributed by atoms with Gasteiger partial charge < -0.3 is 0 Å². The minimum atomic E-state index is 0.753. The third kappa shape index (κ3) is 2.27. The molecule has 4 fully saturated rings. The van der Waals surface area contributed by atoms with Crippen LogP contribution < -0.4 is 0 Å². The lowest BCUT2D eigenvalue weighted by Crippen LogP contribution is -2.26. The normalized spacial score (nSPS) is 60.6. The topological polar surface area (TPSA) is 0 Å². The van der Waals surface area contributed by atoms with Crippen LogP contribution in [0.4, 0.5) is 0 Å². The summed E-state index contributed by atoms with van der Waals surface area (Å²) >= 11 is 2.36. The summed E-state index contributed by atoms with van der Waals surface area (Å²) < 4.78 is 0. The highest BCUT2D eigenvalue weighted by molar-refractivity contribution is 7.99. The fourth-order valence-electron chi connectivity index (χ4n) is 6.27. The van der Waals surface area contributed by atoms with E-state index in [2.05, 4.69) is 39.5 Å².